The minimum atomic E-state index is -0.781. The van der Waals surface area contributed by atoms with Gasteiger partial charge in [0, 0.05) is 13.2 Å². The lowest BCUT2D eigenvalue weighted by molar-refractivity contribution is -0.394. The van der Waals surface area contributed by atoms with Crippen LogP contribution in [0.2, 0.25) is 0 Å². The van der Waals surface area contributed by atoms with Crippen molar-refractivity contribution in [2.75, 3.05) is 26.9 Å². The molecular formula is C21H19N3O9S. The quantitative estimate of drug-likeness (QED) is 0.267. The van der Waals surface area contributed by atoms with Gasteiger partial charge in [-0.1, -0.05) is 6.07 Å². The number of nitrogens with zero attached hydrogens (tertiary/aromatic N) is 3. The van der Waals surface area contributed by atoms with Gasteiger partial charge in [-0.2, -0.15) is 0 Å². The summed E-state index contributed by atoms with van der Waals surface area (Å²) in [4.78, 5) is 46.7. The lowest BCUT2D eigenvalue weighted by atomic mass is 10.1. The van der Waals surface area contributed by atoms with Crippen LogP contribution >= 0.6 is 11.8 Å². The molecule has 1 fully saturated rings. The maximum Gasteiger partial charge on any atom is 0.318 e. The number of carbonyl (C=O) groups excluding carboxylic acids is 2. The first-order valence-electron chi connectivity index (χ1n) is 9.87. The van der Waals surface area contributed by atoms with Gasteiger partial charge in [-0.3, -0.25) is 34.7 Å². The van der Waals surface area contributed by atoms with E-state index in [1.54, 1.807) is 19.1 Å². The third kappa shape index (κ3) is 5.50. The average Bonchev–Trinajstić information content (AvgIpc) is 3.06. The highest BCUT2D eigenvalue weighted by Crippen LogP contribution is 2.39. The number of amides is 2. The first kappa shape index (κ1) is 24.7. The van der Waals surface area contributed by atoms with Crippen LogP contribution in [0.1, 0.15) is 12.5 Å². The van der Waals surface area contributed by atoms with E-state index in [1.165, 1.54) is 19.3 Å². The van der Waals surface area contributed by atoms with Crippen LogP contribution in [0, 0.1) is 20.2 Å². The highest BCUT2D eigenvalue weighted by atomic mass is 32.2. The maximum absolute atomic E-state index is 12.5. The summed E-state index contributed by atoms with van der Waals surface area (Å²) in [5.74, 6) is -0.290. The molecule has 178 valence electrons. The highest BCUT2D eigenvalue weighted by molar-refractivity contribution is 8.18. The zero-order valence-corrected chi connectivity index (χ0v) is 18.9. The molecule has 0 radical (unpaired) electrons. The predicted molar refractivity (Wildman–Crippen MR) is 122 cm³/mol. The van der Waals surface area contributed by atoms with Crippen LogP contribution in [0.5, 0.6) is 17.2 Å². The van der Waals surface area contributed by atoms with E-state index in [-0.39, 0.29) is 41.9 Å². The molecule has 0 spiro atoms. The molecule has 3 rings (SSSR count). The van der Waals surface area contributed by atoms with E-state index in [1.807, 2.05) is 0 Å². The molecule has 1 heterocycles. The molecule has 2 amide bonds. The molecule has 1 saturated heterocycles. The van der Waals surface area contributed by atoms with E-state index in [4.69, 9.17) is 14.2 Å². The van der Waals surface area contributed by atoms with Gasteiger partial charge >= 0.3 is 5.69 Å². The van der Waals surface area contributed by atoms with E-state index >= 15 is 0 Å². The van der Waals surface area contributed by atoms with Crippen molar-refractivity contribution < 1.29 is 33.6 Å². The molecule has 12 nitrogen and oxygen atoms in total. The van der Waals surface area contributed by atoms with Crippen molar-refractivity contribution >= 4 is 40.4 Å². The van der Waals surface area contributed by atoms with Gasteiger partial charge in [0.15, 0.2) is 11.5 Å². The third-order valence-corrected chi connectivity index (χ3v) is 5.44. The van der Waals surface area contributed by atoms with Crippen LogP contribution in [0.25, 0.3) is 6.08 Å². The largest absolute Gasteiger partial charge is 0.490 e. The SMILES string of the molecule is CCOc1cc(/C=C2/SC(=O)N(CCOC)C2=O)ccc1Oc1ccc([N+](=O)[O-])cc1[N+](=O)[O-]. The van der Waals surface area contributed by atoms with Crippen LogP contribution in [0.4, 0.5) is 16.2 Å². The second kappa shape index (κ2) is 10.8. The normalized spacial score (nSPS) is 14.5. The zero-order valence-electron chi connectivity index (χ0n) is 18.1. The van der Waals surface area contributed by atoms with Gasteiger partial charge in [-0.05, 0) is 48.5 Å². The molecule has 0 aliphatic carbocycles. The lowest BCUT2D eigenvalue weighted by Crippen LogP contribution is -2.31. The number of nitro benzene ring substituents is 2. The van der Waals surface area contributed by atoms with Gasteiger partial charge in [-0.15, -0.1) is 0 Å². The fraction of sp³-hybridized carbons (Fsp3) is 0.238. The number of carbonyl (C=O) groups is 2. The maximum atomic E-state index is 12.5. The van der Waals surface area contributed by atoms with E-state index in [9.17, 15) is 29.8 Å². The number of thioether (sulfide) groups is 1. The van der Waals surface area contributed by atoms with Gasteiger partial charge in [-0.25, -0.2) is 0 Å². The molecule has 0 aromatic heterocycles. The summed E-state index contributed by atoms with van der Waals surface area (Å²) in [6, 6.07) is 7.66. The molecule has 0 saturated carbocycles. The summed E-state index contributed by atoms with van der Waals surface area (Å²) >= 11 is 0.803. The minimum Gasteiger partial charge on any atom is -0.490 e. The number of hydrogen-bond donors (Lipinski definition) is 0. The minimum absolute atomic E-state index is 0.129. The van der Waals surface area contributed by atoms with Crippen LogP contribution < -0.4 is 9.47 Å². The van der Waals surface area contributed by atoms with Crippen molar-refractivity contribution in [2.45, 2.75) is 6.92 Å². The Morgan fingerprint density at radius 2 is 1.76 bits per heavy atom. The van der Waals surface area contributed by atoms with Gasteiger partial charge in [0.25, 0.3) is 16.8 Å². The topological polar surface area (TPSA) is 151 Å². The van der Waals surface area contributed by atoms with Crippen LogP contribution in [0.3, 0.4) is 0 Å². The second-order valence-electron chi connectivity index (χ2n) is 6.73. The van der Waals surface area contributed by atoms with Crippen LogP contribution in [-0.2, 0) is 9.53 Å². The molecule has 0 bridgehead atoms. The number of non-ortho nitro benzene ring substituents is 1. The predicted octanol–water partition coefficient (Wildman–Crippen LogP) is 4.38. The molecule has 0 N–H and O–H groups in total. The van der Waals surface area contributed by atoms with Crippen molar-refractivity contribution in [1.29, 1.82) is 0 Å². The Morgan fingerprint density at radius 1 is 1.03 bits per heavy atom. The Morgan fingerprint density at radius 3 is 2.41 bits per heavy atom. The van der Waals surface area contributed by atoms with Gasteiger partial charge in [0.2, 0.25) is 5.75 Å². The Kier molecular flexibility index (Phi) is 7.81. The van der Waals surface area contributed by atoms with Crippen molar-refractivity contribution in [3.63, 3.8) is 0 Å². The van der Waals surface area contributed by atoms with Crippen LogP contribution in [-0.4, -0.2) is 52.8 Å². The van der Waals surface area contributed by atoms with E-state index in [2.05, 4.69) is 0 Å². The van der Waals surface area contributed by atoms with Crippen molar-refractivity contribution in [2.24, 2.45) is 0 Å². The van der Waals surface area contributed by atoms with E-state index < -0.39 is 32.4 Å². The number of hydrogen-bond acceptors (Lipinski definition) is 10. The van der Waals surface area contributed by atoms with E-state index in [0.29, 0.717) is 5.56 Å². The molecule has 1 aliphatic heterocycles. The Hall–Kier alpha value is -3.97. The Labute approximate surface area is 197 Å². The molecule has 2 aromatic carbocycles. The smallest absolute Gasteiger partial charge is 0.318 e. The molecule has 1 aliphatic rings. The van der Waals surface area contributed by atoms with Crippen LogP contribution in [0.15, 0.2) is 41.3 Å². The number of benzene rings is 2. The zero-order chi connectivity index (χ0) is 24.8. The monoisotopic (exact) mass is 489 g/mol. The summed E-state index contributed by atoms with van der Waals surface area (Å²) in [6.45, 7) is 2.34. The van der Waals surface area contributed by atoms with Gasteiger partial charge < -0.3 is 14.2 Å². The lowest BCUT2D eigenvalue weighted by Gasteiger charge is -2.13. The van der Waals surface area contributed by atoms with Crippen molar-refractivity contribution in [1.82, 2.24) is 4.90 Å². The van der Waals surface area contributed by atoms with Gasteiger partial charge in [0.05, 0.1) is 40.6 Å². The number of methoxy groups -OCH3 is 1. The first-order chi connectivity index (χ1) is 16.2. The molecular weight excluding hydrogens is 470 g/mol. The number of imide groups is 1. The second-order valence-corrected chi connectivity index (χ2v) is 7.73. The first-order valence-corrected chi connectivity index (χ1v) is 10.7. The summed E-state index contributed by atoms with van der Waals surface area (Å²) < 4.78 is 16.2. The highest BCUT2D eigenvalue weighted by Gasteiger charge is 2.34. The molecule has 34 heavy (non-hydrogen) atoms. The number of nitro groups is 2. The Bertz CT molecular complexity index is 1180. The molecule has 13 heteroatoms. The molecule has 0 unspecified atom stereocenters. The average molecular weight is 489 g/mol. The van der Waals surface area contributed by atoms with E-state index in [0.717, 1.165) is 34.9 Å². The van der Waals surface area contributed by atoms with Crippen molar-refractivity contribution in [3.05, 3.63) is 67.1 Å². The summed E-state index contributed by atoms with van der Waals surface area (Å²) in [6.07, 6.45) is 1.53. The Balaban J connectivity index is 1.91. The molecule has 2 aromatic rings. The number of ether oxygens (including phenoxy) is 3. The standard InChI is InChI=1S/C21H19N3O9S/c1-3-32-18-10-13(11-19-20(25)22(8-9-31-2)21(26)34-19)4-6-17(18)33-16-7-5-14(23(27)28)12-15(16)24(29)30/h4-7,10-12H,3,8-9H2,1-2H3/b19-11+. The fourth-order valence-corrected chi connectivity index (χ4v) is 3.83. The van der Waals surface area contributed by atoms with Crippen molar-refractivity contribution in [3.8, 4) is 17.2 Å². The van der Waals surface area contributed by atoms with Gasteiger partial charge in [0.1, 0.15) is 0 Å². The summed E-state index contributed by atoms with van der Waals surface area (Å²) in [7, 11) is 1.47. The summed E-state index contributed by atoms with van der Waals surface area (Å²) in [5.41, 5.74) is -0.490. The third-order valence-electron chi connectivity index (χ3n) is 4.53. The number of rotatable bonds is 10. The summed E-state index contributed by atoms with van der Waals surface area (Å²) in [5, 5.41) is 21.9. The fourth-order valence-electron chi connectivity index (χ4n) is 2.96. The molecule has 0 atom stereocenters.